The second kappa shape index (κ2) is 6.19. The summed E-state index contributed by atoms with van der Waals surface area (Å²) >= 11 is 0. The Morgan fingerprint density at radius 2 is 1.05 bits per heavy atom. The molecule has 108 valence electrons. The van der Waals surface area contributed by atoms with E-state index in [-0.39, 0.29) is 63.5 Å². The number of benzene rings is 1. The minimum absolute atomic E-state index is 0. The number of halogens is 3. The van der Waals surface area contributed by atoms with Crippen molar-refractivity contribution in [1.29, 1.82) is 0 Å². The summed E-state index contributed by atoms with van der Waals surface area (Å²) < 4.78 is 101. The Morgan fingerprint density at radius 3 is 1.25 bits per heavy atom. The van der Waals surface area contributed by atoms with Gasteiger partial charge in [0.25, 0.3) is 0 Å². The van der Waals surface area contributed by atoms with E-state index < -0.39 is 51.1 Å². The van der Waals surface area contributed by atoms with E-state index in [1.165, 1.54) is 0 Å². The molecule has 0 N–H and O–H groups in total. The summed E-state index contributed by atoms with van der Waals surface area (Å²) in [6.45, 7) is 0. The van der Waals surface area contributed by atoms with Gasteiger partial charge in [0.05, 0.1) is 9.79 Å². The van der Waals surface area contributed by atoms with Gasteiger partial charge in [-0.25, -0.2) is 0 Å². The van der Waals surface area contributed by atoms with E-state index in [9.17, 15) is 42.0 Å². The van der Waals surface area contributed by atoms with Crippen LogP contribution in [0.1, 0.15) is 0 Å². The molecule has 0 saturated carbocycles. The van der Waals surface area contributed by atoms with Crippen LogP contribution in [-0.4, -0.2) is 25.3 Å². The second-order valence-corrected chi connectivity index (χ2v) is 7.04. The van der Waals surface area contributed by atoms with Crippen LogP contribution in [0.25, 0.3) is 0 Å². The Balaban J connectivity index is 0.00000361. The maximum Gasteiger partial charge on any atom is 1.00 e. The molecule has 0 fully saturated rings. The molecule has 0 aliphatic carbocycles. The average Bonchev–Trinajstić information content (AvgIpc) is 2.11. The molecule has 0 amide bonds. The standard InChI is InChI=1S/C6H3F3O7S3.K/c7-17(11,12)3-1-4(18(8,13)14)6(10)5(2-3)19(9,15)16;/h1-2,10H;/q;+1/p-1. The molecule has 1 rings (SSSR count). The molecule has 1 aromatic carbocycles. The zero-order valence-electron chi connectivity index (χ0n) is 9.37. The molecular weight excluding hydrogens is 376 g/mol. The van der Waals surface area contributed by atoms with Crippen LogP contribution in [0.5, 0.6) is 5.75 Å². The Labute approximate surface area is 154 Å². The molecule has 14 heteroatoms. The third kappa shape index (κ3) is 4.65. The predicted molar refractivity (Wildman–Crippen MR) is 50.8 cm³/mol. The van der Waals surface area contributed by atoms with Crippen molar-refractivity contribution >= 4 is 30.7 Å². The van der Waals surface area contributed by atoms with E-state index in [0.29, 0.717) is 0 Å². The van der Waals surface area contributed by atoms with Gasteiger partial charge in [0.1, 0.15) is 4.90 Å². The average molecular weight is 378 g/mol. The van der Waals surface area contributed by atoms with Crippen molar-refractivity contribution in [3.05, 3.63) is 12.1 Å². The van der Waals surface area contributed by atoms with E-state index >= 15 is 0 Å². The maximum atomic E-state index is 12.7. The van der Waals surface area contributed by atoms with Crippen molar-refractivity contribution in [3.8, 4) is 5.75 Å². The van der Waals surface area contributed by atoms with Crippen molar-refractivity contribution in [2.45, 2.75) is 14.7 Å². The predicted octanol–water partition coefficient (Wildman–Crippen LogP) is -3.26. The van der Waals surface area contributed by atoms with E-state index in [4.69, 9.17) is 0 Å². The molecule has 0 spiro atoms. The smallest absolute Gasteiger partial charge is 0.871 e. The van der Waals surface area contributed by atoms with E-state index in [1.807, 2.05) is 0 Å². The summed E-state index contributed by atoms with van der Waals surface area (Å²) in [6.07, 6.45) is 0. The topological polar surface area (TPSA) is 125 Å². The van der Waals surface area contributed by atoms with Crippen LogP contribution < -0.4 is 56.5 Å². The van der Waals surface area contributed by atoms with Gasteiger partial charge in [-0.3, -0.25) is 0 Å². The summed E-state index contributed by atoms with van der Waals surface area (Å²) in [6, 6.07) is -0.497. The van der Waals surface area contributed by atoms with Gasteiger partial charge in [-0.15, -0.1) is 11.7 Å². The van der Waals surface area contributed by atoms with Gasteiger partial charge in [0.2, 0.25) is 0 Å². The van der Waals surface area contributed by atoms with Gasteiger partial charge in [-0.2, -0.15) is 25.3 Å². The van der Waals surface area contributed by atoms with Crippen molar-refractivity contribution in [1.82, 2.24) is 0 Å². The van der Waals surface area contributed by atoms with Crippen molar-refractivity contribution < 1.29 is 93.4 Å². The molecule has 20 heavy (non-hydrogen) atoms. The summed E-state index contributed by atoms with van der Waals surface area (Å²) in [4.78, 5) is -5.68. The van der Waals surface area contributed by atoms with E-state index in [2.05, 4.69) is 0 Å². The Kier molecular flexibility index (Phi) is 6.28. The van der Waals surface area contributed by atoms with Crippen LogP contribution >= 0.6 is 0 Å². The number of hydrogen-bond donors (Lipinski definition) is 0. The van der Waals surface area contributed by atoms with Crippen LogP contribution in [0.2, 0.25) is 0 Å². The zero-order chi connectivity index (χ0) is 15.2. The van der Waals surface area contributed by atoms with Gasteiger partial charge in [-0.05, 0) is 12.1 Å². The molecule has 0 radical (unpaired) electrons. The quantitative estimate of drug-likeness (QED) is 0.399. The van der Waals surface area contributed by atoms with E-state index in [0.717, 1.165) is 0 Å². The monoisotopic (exact) mass is 378 g/mol. The molecule has 0 aliphatic rings. The molecule has 0 saturated heterocycles. The van der Waals surface area contributed by atoms with Crippen molar-refractivity contribution in [2.24, 2.45) is 0 Å². The molecule has 1 aromatic rings. The first-order chi connectivity index (χ1) is 8.24. The third-order valence-corrected chi connectivity index (χ3v) is 4.26. The molecule has 0 bridgehead atoms. The molecule has 0 atom stereocenters. The minimum Gasteiger partial charge on any atom is -0.871 e. The molecule has 0 aliphatic heterocycles. The fourth-order valence-corrected chi connectivity index (χ4v) is 2.98. The molecular formula is C6H2F3KO7S3. The Morgan fingerprint density at radius 1 is 0.750 bits per heavy atom. The molecule has 0 unspecified atom stereocenters. The van der Waals surface area contributed by atoms with Crippen LogP contribution in [0, 0.1) is 0 Å². The summed E-state index contributed by atoms with van der Waals surface area (Å²) in [5, 5.41) is 11.2. The molecule has 0 heterocycles. The molecule has 0 aromatic heterocycles. The minimum atomic E-state index is -5.87. The van der Waals surface area contributed by atoms with Crippen LogP contribution in [0.4, 0.5) is 11.7 Å². The van der Waals surface area contributed by atoms with Gasteiger partial charge in [-0.1, -0.05) is 5.75 Å². The van der Waals surface area contributed by atoms with Crippen LogP contribution in [0.15, 0.2) is 26.8 Å². The van der Waals surface area contributed by atoms with Gasteiger partial charge in [0, 0.05) is 0 Å². The largest absolute Gasteiger partial charge is 1.00 e. The Bertz CT molecular complexity index is 791. The van der Waals surface area contributed by atoms with Gasteiger partial charge < -0.3 is 5.11 Å². The maximum absolute atomic E-state index is 12.7. The van der Waals surface area contributed by atoms with Gasteiger partial charge in [0.15, 0.2) is 0 Å². The Hall–Kier alpha value is 0.296. The van der Waals surface area contributed by atoms with Crippen molar-refractivity contribution in [3.63, 3.8) is 0 Å². The first-order valence-electron chi connectivity index (χ1n) is 3.93. The fourth-order valence-electron chi connectivity index (χ4n) is 1.06. The summed E-state index contributed by atoms with van der Waals surface area (Å²) in [7, 11) is -17.4. The third-order valence-electron chi connectivity index (χ3n) is 1.80. The normalized spacial score (nSPS) is 12.8. The first-order valence-corrected chi connectivity index (χ1v) is 8.08. The zero-order valence-corrected chi connectivity index (χ0v) is 14.9. The van der Waals surface area contributed by atoms with Gasteiger partial charge >= 0.3 is 82.1 Å². The van der Waals surface area contributed by atoms with Crippen molar-refractivity contribution in [2.75, 3.05) is 0 Å². The fraction of sp³-hybridized carbons (Fsp3) is 0. The second-order valence-electron chi connectivity index (χ2n) is 3.06. The number of hydrogen-bond acceptors (Lipinski definition) is 7. The summed E-state index contributed by atoms with van der Waals surface area (Å²) in [5.41, 5.74) is 0. The SMILES string of the molecule is O=S(=O)(F)c1cc(S(=O)(=O)F)c([O-])c(S(=O)(=O)F)c1.[K+]. The summed E-state index contributed by atoms with van der Waals surface area (Å²) in [5.74, 6) is -2.14. The first kappa shape index (κ1) is 20.3. The van der Waals surface area contributed by atoms with E-state index in [1.54, 1.807) is 0 Å². The number of rotatable bonds is 3. The van der Waals surface area contributed by atoms with Crippen LogP contribution in [0.3, 0.4) is 0 Å². The molecule has 7 nitrogen and oxygen atoms in total. The van der Waals surface area contributed by atoms with Crippen LogP contribution in [-0.2, 0) is 30.7 Å².